The Hall–Kier alpha value is -1.20. The van der Waals surface area contributed by atoms with E-state index in [2.05, 4.69) is 13.8 Å². The van der Waals surface area contributed by atoms with Gasteiger partial charge in [-0.3, -0.25) is 9.59 Å². The lowest BCUT2D eigenvalue weighted by Crippen LogP contribution is -2.61. The van der Waals surface area contributed by atoms with Crippen molar-refractivity contribution in [1.82, 2.24) is 0 Å². The zero-order chi connectivity index (χ0) is 20.1. The maximum Gasteiger partial charge on any atom is 0.302 e. The van der Waals surface area contributed by atoms with E-state index in [9.17, 15) is 19.8 Å². The predicted molar refractivity (Wildman–Crippen MR) is 102 cm³/mol. The standard InChI is InChI=1S/C22H34O5/c1-12(2)14-8-15-16(9-17(14)25)22(5)19(10-18(15)26)21(4,11-23)7-6-20(22)27-13(3)24/h9,12,14-15,18-20,23,26H,6-8,10-11H2,1-5H3/t14-,15-,18-,19-,20-,21-,22+/m0/s1. The van der Waals surface area contributed by atoms with E-state index in [1.165, 1.54) is 6.92 Å². The van der Waals surface area contributed by atoms with Gasteiger partial charge >= 0.3 is 5.97 Å². The highest BCUT2D eigenvalue weighted by Gasteiger charge is 2.62. The molecule has 2 saturated carbocycles. The Morgan fingerprint density at radius 1 is 1.33 bits per heavy atom. The quantitative estimate of drug-likeness (QED) is 0.738. The van der Waals surface area contributed by atoms with Gasteiger partial charge in [-0.2, -0.15) is 0 Å². The molecule has 0 spiro atoms. The minimum absolute atomic E-state index is 0.0211. The molecular formula is C22H34O5. The molecule has 3 rings (SSSR count). The summed E-state index contributed by atoms with van der Waals surface area (Å²) in [4.78, 5) is 24.6. The number of hydrogen-bond acceptors (Lipinski definition) is 5. The van der Waals surface area contributed by atoms with Gasteiger partial charge in [0, 0.05) is 30.8 Å². The van der Waals surface area contributed by atoms with Gasteiger partial charge in [-0.15, -0.1) is 0 Å². The number of carbonyl (C=O) groups is 2. The molecule has 0 saturated heterocycles. The molecule has 0 amide bonds. The number of ether oxygens (including phenoxy) is 1. The third-order valence-electron chi connectivity index (χ3n) is 7.82. The Bertz CT molecular complexity index is 653. The van der Waals surface area contributed by atoms with Crippen molar-refractivity contribution in [2.75, 3.05) is 6.61 Å². The highest BCUT2D eigenvalue weighted by molar-refractivity contribution is 5.94. The molecule has 0 unspecified atom stereocenters. The van der Waals surface area contributed by atoms with Crippen LogP contribution in [0.3, 0.4) is 0 Å². The second kappa shape index (κ2) is 7.00. The van der Waals surface area contributed by atoms with Gasteiger partial charge in [-0.05, 0) is 49.0 Å². The second-order valence-corrected chi connectivity index (χ2v) is 9.78. The molecule has 5 heteroatoms. The lowest BCUT2D eigenvalue weighted by molar-refractivity contribution is -0.179. The Labute approximate surface area is 162 Å². The van der Waals surface area contributed by atoms with Crippen molar-refractivity contribution >= 4 is 11.8 Å². The molecule has 0 aliphatic heterocycles. The van der Waals surface area contributed by atoms with Crippen molar-refractivity contribution in [1.29, 1.82) is 0 Å². The van der Waals surface area contributed by atoms with Gasteiger partial charge in [0.25, 0.3) is 0 Å². The summed E-state index contributed by atoms with van der Waals surface area (Å²) in [6.45, 7) is 9.66. The summed E-state index contributed by atoms with van der Waals surface area (Å²) >= 11 is 0. The van der Waals surface area contributed by atoms with E-state index in [1.54, 1.807) is 6.08 Å². The van der Waals surface area contributed by atoms with Gasteiger partial charge in [0.1, 0.15) is 6.10 Å². The predicted octanol–water partition coefficient (Wildman–Crippen LogP) is 2.89. The van der Waals surface area contributed by atoms with E-state index in [0.29, 0.717) is 19.3 Å². The van der Waals surface area contributed by atoms with Gasteiger partial charge in [0.2, 0.25) is 0 Å². The molecule has 27 heavy (non-hydrogen) atoms. The maximum atomic E-state index is 12.9. The molecule has 0 aromatic rings. The molecule has 0 radical (unpaired) electrons. The van der Waals surface area contributed by atoms with Crippen molar-refractivity contribution in [3.63, 3.8) is 0 Å². The summed E-state index contributed by atoms with van der Waals surface area (Å²) in [5.74, 6) is -0.189. The van der Waals surface area contributed by atoms with Crippen LogP contribution in [0.25, 0.3) is 0 Å². The van der Waals surface area contributed by atoms with Crippen LogP contribution < -0.4 is 0 Å². The lowest BCUT2D eigenvalue weighted by Gasteiger charge is -2.61. The fourth-order valence-electron chi connectivity index (χ4n) is 6.18. The third kappa shape index (κ3) is 3.17. The summed E-state index contributed by atoms with van der Waals surface area (Å²) in [5, 5.41) is 21.1. The Kier molecular flexibility index (Phi) is 5.32. The monoisotopic (exact) mass is 378 g/mol. The van der Waals surface area contributed by atoms with E-state index in [0.717, 1.165) is 12.0 Å². The number of esters is 1. The normalized spacial score (nSPS) is 44.4. The summed E-state index contributed by atoms with van der Waals surface area (Å²) in [6.07, 6.45) is 3.48. The molecule has 0 aromatic heterocycles. The van der Waals surface area contributed by atoms with Gasteiger partial charge in [-0.25, -0.2) is 0 Å². The van der Waals surface area contributed by atoms with Crippen molar-refractivity contribution < 1.29 is 24.5 Å². The fraction of sp³-hybridized carbons (Fsp3) is 0.818. The molecule has 5 nitrogen and oxygen atoms in total. The summed E-state index contributed by atoms with van der Waals surface area (Å²) in [5.41, 5.74) is 0.0257. The largest absolute Gasteiger partial charge is 0.462 e. The average Bonchev–Trinajstić information content (AvgIpc) is 2.59. The second-order valence-electron chi connectivity index (χ2n) is 9.78. The number of allylic oxidation sites excluding steroid dienone is 1. The van der Waals surface area contributed by atoms with Gasteiger partial charge < -0.3 is 14.9 Å². The fourth-order valence-corrected chi connectivity index (χ4v) is 6.18. The molecule has 3 aliphatic carbocycles. The topological polar surface area (TPSA) is 83.8 Å². The van der Waals surface area contributed by atoms with Crippen molar-refractivity contribution in [2.45, 2.75) is 72.5 Å². The number of aliphatic hydroxyl groups is 2. The van der Waals surface area contributed by atoms with Crippen LogP contribution >= 0.6 is 0 Å². The van der Waals surface area contributed by atoms with E-state index in [1.807, 2.05) is 13.8 Å². The maximum absolute atomic E-state index is 12.9. The minimum Gasteiger partial charge on any atom is -0.462 e. The number of hydrogen-bond donors (Lipinski definition) is 2. The molecule has 0 bridgehead atoms. The molecule has 0 heterocycles. The SMILES string of the molecule is CC(=O)O[C@H]1CC[C@@](C)(CO)[C@@H]2C[C@H](O)[C@H]3C[C@@H](C(C)C)C(=O)C=C3[C@@]12C. The molecule has 2 fully saturated rings. The number of fused-ring (bicyclic) bond motifs is 3. The zero-order valence-electron chi connectivity index (χ0n) is 17.2. The van der Waals surface area contributed by atoms with Crippen LogP contribution in [0.2, 0.25) is 0 Å². The van der Waals surface area contributed by atoms with Gasteiger partial charge in [0.15, 0.2) is 5.78 Å². The van der Waals surface area contributed by atoms with Crippen molar-refractivity contribution in [3.05, 3.63) is 11.6 Å². The smallest absolute Gasteiger partial charge is 0.302 e. The zero-order valence-corrected chi connectivity index (χ0v) is 17.2. The number of rotatable bonds is 3. The first kappa shape index (κ1) is 20.5. The summed E-state index contributed by atoms with van der Waals surface area (Å²) in [6, 6.07) is 0. The lowest BCUT2D eigenvalue weighted by atomic mass is 9.45. The van der Waals surface area contributed by atoms with Crippen LogP contribution in [0.15, 0.2) is 11.6 Å². The first-order valence-electron chi connectivity index (χ1n) is 10.3. The van der Waals surface area contributed by atoms with Crippen LogP contribution in [0.5, 0.6) is 0 Å². The molecule has 7 atom stereocenters. The van der Waals surface area contributed by atoms with E-state index < -0.39 is 11.5 Å². The molecule has 3 aliphatic rings. The number of aliphatic hydroxyl groups excluding tert-OH is 2. The number of carbonyl (C=O) groups excluding carboxylic acids is 2. The molecular weight excluding hydrogens is 344 g/mol. The Morgan fingerprint density at radius 3 is 2.56 bits per heavy atom. The van der Waals surface area contributed by atoms with Crippen molar-refractivity contribution in [3.8, 4) is 0 Å². The Balaban J connectivity index is 2.11. The number of ketones is 1. The van der Waals surface area contributed by atoms with Crippen LogP contribution in [0.1, 0.15) is 60.3 Å². The van der Waals surface area contributed by atoms with E-state index >= 15 is 0 Å². The van der Waals surface area contributed by atoms with Crippen LogP contribution in [-0.2, 0) is 14.3 Å². The van der Waals surface area contributed by atoms with Crippen LogP contribution in [0.4, 0.5) is 0 Å². The Morgan fingerprint density at radius 2 is 2.00 bits per heavy atom. The van der Waals surface area contributed by atoms with Crippen molar-refractivity contribution in [2.24, 2.45) is 34.5 Å². The summed E-state index contributed by atoms with van der Waals surface area (Å²) < 4.78 is 5.74. The highest BCUT2D eigenvalue weighted by Crippen LogP contribution is 2.63. The third-order valence-corrected chi connectivity index (χ3v) is 7.82. The first-order valence-corrected chi connectivity index (χ1v) is 10.3. The first-order chi connectivity index (χ1) is 12.5. The van der Waals surface area contributed by atoms with Crippen LogP contribution in [-0.4, -0.2) is 40.8 Å². The highest BCUT2D eigenvalue weighted by atomic mass is 16.5. The molecule has 2 N–H and O–H groups in total. The molecule has 0 aromatic carbocycles. The average molecular weight is 379 g/mol. The van der Waals surface area contributed by atoms with E-state index in [-0.39, 0.29) is 53.6 Å². The summed E-state index contributed by atoms with van der Waals surface area (Å²) in [7, 11) is 0. The minimum atomic E-state index is -0.539. The van der Waals surface area contributed by atoms with Crippen LogP contribution in [0, 0.1) is 34.5 Å². The van der Waals surface area contributed by atoms with Gasteiger partial charge in [0.05, 0.1) is 6.10 Å². The van der Waals surface area contributed by atoms with Gasteiger partial charge in [-0.1, -0.05) is 33.3 Å². The molecule has 152 valence electrons. The van der Waals surface area contributed by atoms with E-state index in [4.69, 9.17) is 4.74 Å².